The third-order valence-corrected chi connectivity index (χ3v) is 3.92. The second-order valence-electron chi connectivity index (χ2n) is 4.93. The Hall–Kier alpha value is -2.87. The molecular formula is C17H11F3N2O2S. The predicted molar refractivity (Wildman–Crippen MR) is 88.0 cm³/mol. The molecule has 0 radical (unpaired) electrons. The van der Waals surface area contributed by atoms with Crippen molar-refractivity contribution in [3.05, 3.63) is 65.3 Å². The second kappa shape index (κ2) is 7.35. The molecule has 0 aliphatic heterocycles. The molecule has 0 bridgehead atoms. The summed E-state index contributed by atoms with van der Waals surface area (Å²) >= 11 is 1.12. The highest BCUT2D eigenvalue weighted by molar-refractivity contribution is 7.14. The van der Waals surface area contributed by atoms with E-state index in [0.29, 0.717) is 11.3 Å². The number of hydrogen-bond acceptors (Lipinski definition) is 4. The van der Waals surface area contributed by atoms with Gasteiger partial charge < -0.3 is 4.74 Å². The smallest absolute Gasteiger partial charge is 0.264 e. The maximum Gasteiger partial charge on any atom is 0.264 e. The van der Waals surface area contributed by atoms with Gasteiger partial charge >= 0.3 is 0 Å². The molecule has 1 aromatic heterocycles. The first-order chi connectivity index (χ1) is 12.0. The third kappa shape index (κ3) is 4.16. The van der Waals surface area contributed by atoms with Gasteiger partial charge in [0.2, 0.25) is 0 Å². The van der Waals surface area contributed by atoms with Crippen LogP contribution in [0.4, 0.5) is 18.3 Å². The molecule has 0 saturated heterocycles. The maximum absolute atomic E-state index is 13.4. The summed E-state index contributed by atoms with van der Waals surface area (Å²) in [6.07, 6.45) is 0. The molecule has 0 atom stereocenters. The topological polar surface area (TPSA) is 51.2 Å². The molecule has 0 unspecified atom stereocenters. The number of thiazole rings is 1. The van der Waals surface area contributed by atoms with Crippen LogP contribution in [0, 0.1) is 17.5 Å². The van der Waals surface area contributed by atoms with Gasteiger partial charge in [0.05, 0.1) is 5.69 Å². The van der Waals surface area contributed by atoms with Crippen molar-refractivity contribution in [1.29, 1.82) is 0 Å². The highest BCUT2D eigenvalue weighted by Crippen LogP contribution is 2.26. The molecule has 2 aromatic carbocycles. The number of hydrogen-bond donors (Lipinski definition) is 1. The van der Waals surface area contributed by atoms with Gasteiger partial charge in [-0.3, -0.25) is 10.1 Å². The third-order valence-electron chi connectivity index (χ3n) is 3.16. The van der Waals surface area contributed by atoms with Crippen molar-refractivity contribution < 1.29 is 22.7 Å². The fourth-order valence-corrected chi connectivity index (χ4v) is 2.72. The number of aromatic nitrogens is 1. The number of anilines is 1. The molecule has 0 aliphatic rings. The van der Waals surface area contributed by atoms with E-state index in [0.717, 1.165) is 23.5 Å². The van der Waals surface area contributed by atoms with Crippen LogP contribution >= 0.6 is 11.3 Å². The molecule has 3 aromatic rings. The van der Waals surface area contributed by atoms with Crippen molar-refractivity contribution in [2.45, 2.75) is 0 Å². The van der Waals surface area contributed by atoms with Gasteiger partial charge in [-0.1, -0.05) is 12.1 Å². The predicted octanol–water partition coefficient (Wildman–Crippen LogP) is 4.24. The summed E-state index contributed by atoms with van der Waals surface area (Å²) in [6, 6.07) is 9.15. The Labute approximate surface area is 144 Å². The monoisotopic (exact) mass is 364 g/mol. The van der Waals surface area contributed by atoms with Crippen LogP contribution in [-0.4, -0.2) is 17.5 Å². The van der Waals surface area contributed by atoms with E-state index in [1.165, 1.54) is 24.3 Å². The first kappa shape index (κ1) is 17.0. The minimum absolute atomic E-state index is 0.0285. The van der Waals surface area contributed by atoms with Crippen molar-refractivity contribution >= 4 is 22.4 Å². The van der Waals surface area contributed by atoms with Crippen molar-refractivity contribution in [2.75, 3.05) is 11.9 Å². The molecule has 0 fully saturated rings. The van der Waals surface area contributed by atoms with Gasteiger partial charge in [0.1, 0.15) is 0 Å². The molecule has 0 aliphatic carbocycles. The number of amides is 1. The number of para-hydroxylation sites is 1. The molecule has 0 saturated carbocycles. The normalized spacial score (nSPS) is 10.5. The van der Waals surface area contributed by atoms with Crippen LogP contribution < -0.4 is 10.1 Å². The maximum atomic E-state index is 13.4. The van der Waals surface area contributed by atoms with Crippen LogP contribution in [0.2, 0.25) is 0 Å². The number of benzene rings is 2. The Morgan fingerprint density at radius 1 is 1.08 bits per heavy atom. The average Bonchev–Trinajstić information content (AvgIpc) is 3.05. The van der Waals surface area contributed by atoms with Crippen molar-refractivity contribution in [3.8, 4) is 17.0 Å². The van der Waals surface area contributed by atoms with Gasteiger partial charge in [0, 0.05) is 10.9 Å². The summed E-state index contributed by atoms with van der Waals surface area (Å²) in [5.74, 6) is -3.04. The molecule has 0 spiro atoms. The zero-order valence-electron chi connectivity index (χ0n) is 12.6. The Morgan fingerprint density at radius 3 is 2.64 bits per heavy atom. The minimum Gasteiger partial charge on any atom is -0.481 e. The van der Waals surface area contributed by atoms with Gasteiger partial charge in [0.15, 0.2) is 34.9 Å². The summed E-state index contributed by atoms with van der Waals surface area (Å²) in [6.45, 7) is -0.388. The van der Waals surface area contributed by atoms with Crippen LogP contribution in [0.15, 0.2) is 47.8 Å². The lowest BCUT2D eigenvalue weighted by atomic mass is 10.2. The number of ether oxygens (including phenoxy) is 1. The number of nitrogens with one attached hydrogen (secondary N) is 1. The van der Waals surface area contributed by atoms with Gasteiger partial charge in [0.25, 0.3) is 5.91 Å². The molecule has 4 nitrogen and oxygen atoms in total. The van der Waals surface area contributed by atoms with Crippen LogP contribution in [0.3, 0.4) is 0 Å². The fraction of sp³-hybridized carbons (Fsp3) is 0.0588. The number of carbonyl (C=O) groups is 1. The number of carbonyl (C=O) groups excluding carboxylic acids is 1. The lowest BCUT2D eigenvalue weighted by Crippen LogP contribution is -2.20. The summed E-state index contributed by atoms with van der Waals surface area (Å²) in [4.78, 5) is 16.0. The van der Waals surface area contributed by atoms with E-state index in [2.05, 4.69) is 10.3 Å². The van der Waals surface area contributed by atoms with Gasteiger partial charge in [-0.05, 0) is 30.3 Å². The van der Waals surface area contributed by atoms with Crippen LogP contribution in [0.1, 0.15) is 0 Å². The summed E-state index contributed by atoms with van der Waals surface area (Å²) in [7, 11) is 0. The zero-order valence-corrected chi connectivity index (χ0v) is 13.4. The molecule has 25 heavy (non-hydrogen) atoms. The zero-order chi connectivity index (χ0) is 17.8. The SMILES string of the molecule is O=C(COc1ccccc1F)Nc1nc(-c2ccc(F)c(F)c2)cs1. The Bertz CT molecular complexity index is 914. The van der Waals surface area contributed by atoms with Gasteiger partial charge in [-0.25, -0.2) is 18.2 Å². The van der Waals surface area contributed by atoms with Gasteiger partial charge in [-0.15, -0.1) is 11.3 Å². The first-order valence-electron chi connectivity index (χ1n) is 7.11. The number of nitrogens with zero attached hydrogens (tertiary/aromatic N) is 1. The first-order valence-corrected chi connectivity index (χ1v) is 7.99. The molecule has 3 rings (SSSR count). The van der Waals surface area contributed by atoms with Crippen molar-refractivity contribution in [3.63, 3.8) is 0 Å². The summed E-state index contributed by atoms with van der Waals surface area (Å²) < 4.78 is 44.7. The molecule has 1 heterocycles. The molecule has 128 valence electrons. The summed E-state index contributed by atoms with van der Waals surface area (Å²) in [5, 5.41) is 4.36. The quantitative estimate of drug-likeness (QED) is 0.737. The van der Waals surface area contributed by atoms with E-state index in [-0.39, 0.29) is 17.5 Å². The highest BCUT2D eigenvalue weighted by Gasteiger charge is 2.11. The summed E-state index contributed by atoms with van der Waals surface area (Å²) in [5.41, 5.74) is 0.785. The van der Waals surface area contributed by atoms with E-state index >= 15 is 0 Å². The lowest BCUT2D eigenvalue weighted by Gasteiger charge is -2.06. The standard InChI is InChI=1S/C17H11F3N2O2S/c18-11-6-5-10(7-13(11)20)14-9-25-17(21-14)22-16(23)8-24-15-4-2-1-3-12(15)19/h1-7,9H,8H2,(H,21,22,23). The minimum atomic E-state index is -0.977. The Kier molecular flexibility index (Phi) is 4.99. The highest BCUT2D eigenvalue weighted by atomic mass is 32.1. The van der Waals surface area contributed by atoms with Crippen LogP contribution in [0.5, 0.6) is 5.75 Å². The van der Waals surface area contributed by atoms with Crippen molar-refractivity contribution in [2.24, 2.45) is 0 Å². The average molecular weight is 364 g/mol. The largest absolute Gasteiger partial charge is 0.481 e. The van der Waals surface area contributed by atoms with E-state index in [1.807, 2.05) is 0 Å². The van der Waals surface area contributed by atoms with Crippen LogP contribution in [0.25, 0.3) is 11.3 Å². The van der Waals surface area contributed by atoms with Crippen molar-refractivity contribution in [1.82, 2.24) is 4.98 Å². The van der Waals surface area contributed by atoms with Gasteiger partial charge in [-0.2, -0.15) is 0 Å². The number of halogens is 3. The molecular weight excluding hydrogens is 353 g/mol. The lowest BCUT2D eigenvalue weighted by molar-refractivity contribution is -0.118. The van der Waals surface area contributed by atoms with E-state index < -0.39 is 23.4 Å². The fourth-order valence-electron chi connectivity index (χ4n) is 1.98. The Morgan fingerprint density at radius 2 is 1.88 bits per heavy atom. The molecule has 1 amide bonds. The van der Waals surface area contributed by atoms with Crippen LogP contribution in [-0.2, 0) is 4.79 Å². The van der Waals surface area contributed by atoms with E-state index in [4.69, 9.17) is 4.74 Å². The van der Waals surface area contributed by atoms with E-state index in [1.54, 1.807) is 11.4 Å². The Balaban J connectivity index is 1.62. The molecule has 1 N–H and O–H groups in total. The number of rotatable bonds is 5. The van der Waals surface area contributed by atoms with E-state index in [9.17, 15) is 18.0 Å². The molecule has 8 heteroatoms. The second-order valence-corrected chi connectivity index (χ2v) is 5.79.